The standard InChI is InChI=1S/C8H10N4O3/c9-8(13)2-4-11-6-1-3-10-5-7(6)12(14)15/h1,3,5H,2,4H2,(H2,9,13)(H,10,11). The molecule has 1 aromatic heterocycles. The van der Waals surface area contributed by atoms with Crippen molar-refractivity contribution in [2.24, 2.45) is 5.73 Å². The summed E-state index contributed by atoms with van der Waals surface area (Å²) in [7, 11) is 0. The van der Waals surface area contributed by atoms with Crippen LogP contribution in [0.5, 0.6) is 0 Å². The second kappa shape index (κ2) is 4.89. The quantitative estimate of drug-likeness (QED) is 0.535. The van der Waals surface area contributed by atoms with E-state index in [2.05, 4.69) is 10.3 Å². The third-order valence-corrected chi connectivity index (χ3v) is 1.68. The molecule has 0 fully saturated rings. The normalized spacial score (nSPS) is 9.60. The Morgan fingerprint density at radius 3 is 3.00 bits per heavy atom. The van der Waals surface area contributed by atoms with Crippen LogP contribution in [0.1, 0.15) is 6.42 Å². The molecule has 15 heavy (non-hydrogen) atoms. The van der Waals surface area contributed by atoms with E-state index in [4.69, 9.17) is 5.73 Å². The highest BCUT2D eigenvalue weighted by molar-refractivity contribution is 5.74. The molecule has 1 heterocycles. The van der Waals surface area contributed by atoms with Gasteiger partial charge in [0.1, 0.15) is 11.9 Å². The van der Waals surface area contributed by atoms with Crippen molar-refractivity contribution < 1.29 is 9.72 Å². The highest BCUT2D eigenvalue weighted by atomic mass is 16.6. The van der Waals surface area contributed by atoms with Gasteiger partial charge in [0.2, 0.25) is 5.91 Å². The molecule has 0 saturated heterocycles. The van der Waals surface area contributed by atoms with Crippen LogP contribution in [0.2, 0.25) is 0 Å². The van der Waals surface area contributed by atoms with Gasteiger partial charge < -0.3 is 11.1 Å². The molecular weight excluding hydrogens is 200 g/mol. The minimum absolute atomic E-state index is 0.123. The molecule has 0 spiro atoms. The summed E-state index contributed by atoms with van der Waals surface area (Å²) in [4.78, 5) is 24.1. The fourth-order valence-corrected chi connectivity index (χ4v) is 1.00. The van der Waals surface area contributed by atoms with E-state index in [9.17, 15) is 14.9 Å². The van der Waals surface area contributed by atoms with Gasteiger partial charge in [-0.1, -0.05) is 0 Å². The predicted octanol–water partition coefficient (Wildman–Crippen LogP) is 0.277. The molecule has 0 aliphatic heterocycles. The van der Waals surface area contributed by atoms with Crippen LogP contribution in [0.25, 0.3) is 0 Å². The van der Waals surface area contributed by atoms with Crippen LogP contribution in [-0.2, 0) is 4.79 Å². The number of carbonyl (C=O) groups is 1. The smallest absolute Gasteiger partial charge is 0.310 e. The van der Waals surface area contributed by atoms with Crippen molar-refractivity contribution in [2.75, 3.05) is 11.9 Å². The molecule has 80 valence electrons. The van der Waals surface area contributed by atoms with Gasteiger partial charge in [0, 0.05) is 19.2 Å². The average Bonchev–Trinajstić information content (AvgIpc) is 2.17. The van der Waals surface area contributed by atoms with Gasteiger partial charge in [-0.3, -0.25) is 19.9 Å². The van der Waals surface area contributed by atoms with Crippen molar-refractivity contribution >= 4 is 17.3 Å². The summed E-state index contributed by atoms with van der Waals surface area (Å²) in [5.41, 5.74) is 5.14. The maximum atomic E-state index is 10.6. The monoisotopic (exact) mass is 210 g/mol. The lowest BCUT2D eigenvalue weighted by atomic mass is 10.3. The van der Waals surface area contributed by atoms with Gasteiger partial charge >= 0.3 is 5.69 Å². The number of primary amides is 1. The minimum Gasteiger partial charge on any atom is -0.379 e. The molecule has 0 aliphatic carbocycles. The van der Waals surface area contributed by atoms with Gasteiger partial charge in [0.05, 0.1) is 4.92 Å². The summed E-state index contributed by atoms with van der Waals surface area (Å²) in [6.45, 7) is 0.264. The summed E-state index contributed by atoms with van der Waals surface area (Å²) in [5, 5.41) is 13.3. The summed E-state index contributed by atoms with van der Waals surface area (Å²) >= 11 is 0. The zero-order valence-electron chi connectivity index (χ0n) is 7.84. The number of rotatable bonds is 5. The fraction of sp³-hybridized carbons (Fsp3) is 0.250. The SMILES string of the molecule is NC(=O)CCNc1ccncc1[N+](=O)[O-]. The number of pyridine rings is 1. The van der Waals surface area contributed by atoms with Crippen LogP contribution in [-0.4, -0.2) is 22.4 Å². The Morgan fingerprint density at radius 2 is 2.40 bits per heavy atom. The number of carbonyl (C=O) groups excluding carboxylic acids is 1. The number of nitrogens with zero attached hydrogens (tertiary/aromatic N) is 2. The second-order valence-electron chi connectivity index (χ2n) is 2.79. The number of aromatic nitrogens is 1. The van der Waals surface area contributed by atoms with E-state index in [1.165, 1.54) is 12.3 Å². The minimum atomic E-state index is -0.542. The molecule has 1 aromatic rings. The molecule has 0 saturated carbocycles. The van der Waals surface area contributed by atoms with Gasteiger partial charge in [-0.15, -0.1) is 0 Å². The Hall–Kier alpha value is -2.18. The van der Waals surface area contributed by atoms with E-state index in [1.54, 1.807) is 0 Å². The fourth-order valence-electron chi connectivity index (χ4n) is 1.00. The van der Waals surface area contributed by atoms with Gasteiger partial charge in [0.25, 0.3) is 0 Å². The Labute approximate surface area is 85.5 Å². The Kier molecular flexibility index (Phi) is 3.55. The zero-order chi connectivity index (χ0) is 11.3. The van der Waals surface area contributed by atoms with Crippen molar-refractivity contribution in [1.29, 1.82) is 0 Å². The first-order valence-corrected chi connectivity index (χ1v) is 4.22. The summed E-state index contributed by atoms with van der Waals surface area (Å²) in [6.07, 6.45) is 2.70. The van der Waals surface area contributed by atoms with Crippen molar-refractivity contribution in [3.05, 3.63) is 28.6 Å². The lowest BCUT2D eigenvalue weighted by Gasteiger charge is -2.04. The topological polar surface area (TPSA) is 111 Å². The van der Waals surface area contributed by atoms with Crippen LogP contribution in [0.4, 0.5) is 11.4 Å². The van der Waals surface area contributed by atoms with Gasteiger partial charge in [-0.05, 0) is 6.07 Å². The predicted molar refractivity (Wildman–Crippen MR) is 53.2 cm³/mol. The number of nitro groups is 1. The van der Waals surface area contributed by atoms with Crippen LogP contribution in [0, 0.1) is 10.1 Å². The van der Waals surface area contributed by atoms with E-state index in [0.29, 0.717) is 5.69 Å². The lowest BCUT2D eigenvalue weighted by Crippen LogP contribution is -2.16. The number of anilines is 1. The molecule has 7 heteroatoms. The van der Waals surface area contributed by atoms with Crippen LogP contribution in [0.15, 0.2) is 18.5 Å². The third kappa shape index (κ3) is 3.22. The molecule has 7 nitrogen and oxygen atoms in total. The summed E-state index contributed by atoms with van der Waals surface area (Å²) in [5.74, 6) is -0.459. The molecule has 0 atom stereocenters. The summed E-state index contributed by atoms with van der Waals surface area (Å²) < 4.78 is 0. The number of hydrogen-bond donors (Lipinski definition) is 2. The van der Waals surface area contributed by atoms with Gasteiger partial charge in [0.15, 0.2) is 0 Å². The van der Waals surface area contributed by atoms with Crippen molar-refractivity contribution in [3.8, 4) is 0 Å². The zero-order valence-corrected chi connectivity index (χ0v) is 7.84. The number of nitrogens with two attached hydrogens (primary N) is 1. The van der Waals surface area contributed by atoms with E-state index in [0.717, 1.165) is 6.20 Å². The second-order valence-corrected chi connectivity index (χ2v) is 2.79. The van der Waals surface area contributed by atoms with E-state index >= 15 is 0 Å². The molecule has 0 aliphatic rings. The van der Waals surface area contributed by atoms with E-state index < -0.39 is 10.8 Å². The van der Waals surface area contributed by atoms with Crippen molar-refractivity contribution in [1.82, 2.24) is 4.98 Å². The summed E-state index contributed by atoms with van der Waals surface area (Å²) in [6, 6.07) is 1.47. The van der Waals surface area contributed by atoms with Crippen molar-refractivity contribution in [2.45, 2.75) is 6.42 Å². The van der Waals surface area contributed by atoms with Crippen LogP contribution < -0.4 is 11.1 Å². The largest absolute Gasteiger partial charge is 0.379 e. The molecule has 3 N–H and O–H groups in total. The molecule has 0 radical (unpaired) electrons. The first kappa shape index (κ1) is 10.9. The highest BCUT2D eigenvalue weighted by Gasteiger charge is 2.12. The maximum absolute atomic E-state index is 10.6. The van der Waals surface area contributed by atoms with Crippen LogP contribution in [0.3, 0.4) is 0 Å². The highest BCUT2D eigenvalue weighted by Crippen LogP contribution is 2.21. The van der Waals surface area contributed by atoms with Crippen LogP contribution >= 0.6 is 0 Å². The van der Waals surface area contributed by atoms with Gasteiger partial charge in [-0.2, -0.15) is 0 Å². The first-order valence-electron chi connectivity index (χ1n) is 4.22. The Morgan fingerprint density at radius 1 is 1.67 bits per heavy atom. The molecule has 0 unspecified atom stereocenters. The Balaban J connectivity index is 2.67. The first-order chi connectivity index (χ1) is 7.11. The van der Waals surface area contributed by atoms with Crippen molar-refractivity contribution in [3.63, 3.8) is 0 Å². The Bertz CT molecular complexity index is 380. The molecule has 1 amide bonds. The van der Waals surface area contributed by atoms with Gasteiger partial charge in [-0.25, -0.2) is 0 Å². The number of hydrogen-bond acceptors (Lipinski definition) is 5. The third-order valence-electron chi connectivity index (χ3n) is 1.68. The maximum Gasteiger partial charge on any atom is 0.310 e. The number of nitrogens with one attached hydrogen (secondary N) is 1. The molecule has 0 aromatic carbocycles. The number of amides is 1. The molecular formula is C8H10N4O3. The average molecular weight is 210 g/mol. The van der Waals surface area contributed by atoms with E-state index in [1.807, 2.05) is 0 Å². The lowest BCUT2D eigenvalue weighted by molar-refractivity contribution is -0.384. The molecule has 0 bridgehead atoms. The molecule has 1 rings (SSSR count). The van der Waals surface area contributed by atoms with E-state index in [-0.39, 0.29) is 18.7 Å².